The van der Waals surface area contributed by atoms with Gasteiger partial charge < -0.3 is 0 Å². The molecule has 4 heterocycles. The van der Waals surface area contributed by atoms with E-state index in [0.29, 0.717) is 0 Å². The number of allylic oxidation sites excluding steroid dienone is 2. The molecule has 0 atom stereocenters. The Hall–Kier alpha value is -3.24. The zero-order valence-electron chi connectivity index (χ0n) is 17.8. The van der Waals surface area contributed by atoms with Crippen LogP contribution in [-0.4, -0.2) is 0 Å². The van der Waals surface area contributed by atoms with Crippen molar-refractivity contribution in [1.82, 2.24) is 0 Å². The molecule has 4 aromatic heterocycles. The Bertz CT molecular complexity index is 1700. The van der Waals surface area contributed by atoms with E-state index in [9.17, 15) is 10.5 Å². The zero-order chi connectivity index (χ0) is 23.4. The van der Waals surface area contributed by atoms with Crippen molar-refractivity contribution >= 4 is 76.3 Å². The highest BCUT2D eigenvalue weighted by Crippen LogP contribution is 2.64. The van der Waals surface area contributed by atoms with E-state index in [2.05, 4.69) is 12.1 Å². The average molecular weight is 511 g/mol. The molecule has 2 aliphatic rings. The SMILES string of the molecule is N#CC(C#N)=Cc1cc2c(s1)-c1sc3c(sc4cc(C=C(C#N)C#N)sc43)c1C21CCCCC1. The van der Waals surface area contributed by atoms with E-state index in [1.807, 2.05) is 47.0 Å². The highest BCUT2D eigenvalue weighted by Gasteiger charge is 2.48. The third-order valence-electron chi connectivity index (χ3n) is 6.71. The van der Waals surface area contributed by atoms with E-state index in [1.54, 1.807) is 34.8 Å². The van der Waals surface area contributed by atoms with Crippen LogP contribution in [-0.2, 0) is 5.41 Å². The number of rotatable bonds is 2. The maximum absolute atomic E-state index is 9.22. The zero-order valence-corrected chi connectivity index (χ0v) is 21.0. The lowest BCUT2D eigenvalue weighted by atomic mass is 9.68. The summed E-state index contributed by atoms with van der Waals surface area (Å²) in [6, 6.07) is 12.2. The van der Waals surface area contributed by atoms with Gasteiger partial charge >= 0.3 is 0 Å². The molecule has 0 unspecified atom stereocenters. The highest BCUT2D eigenvalue weighted by molar-refractivity contribution is 7.40. The van der Waals surface area contributed by atoms with E-state index in [1.165, 1.54) is 58.9 Å². The lowest BCUT2D eigenvalue weighted by Crippen LogP contribution is -2.27. The summed E-state index contributed by atoms with van der Waals surface area (Å²) in [6.45, 7) is 0. The second kappa shape index (κ2) is 7.92. The van der Waals surface area contributed by atoms with Crippen LogP contribution in [0, 0.1) is 45.3 Å². The van der Waals surface area contributed by atoms with Crippen molar-refractivity contribution in [2.24, 2.45) is 0 Å². The fourth-order valence-electron chi connectivity index (χ4n) is 5.34. The van der Waals surface area contributed by atoms with Gasteiger partial charge in [-0.05, 0) is 42.7 Å². The molecule has 1 saturated carbocycles. The lowest BCUT2D eigenvalue weighted by molar-refractivity contribution is 0.356. The fraction of sp³-hybridized carbons (Fsp3) is 0.231. The van der Waals surface area contributed by atoms with Crippen LogP contribution in [0.15, 0.2) is 23.3 Å². The summed E-state index contributed by atoms with van der Waals surface area (Å²) >= 11 is 7.03. The Balaban J connectivity index is 1.57. The van der Waals surface area contributed by atoms with Crippen LogP contribution in [0.5, 0.6) is 0 Å². The smallest absolute Gasteiger partial charge is 0.131 e. The first-order valence-electron chi connectivity index (χ1n) is 10.8. The second-order valence-corrected chi connectivity index (χ2v) is 12.7. The summed E-state index contributed by atoms with van der Waals surface area (Å²) in [5.74, 6) is 0. The molecule has 162 valence electrons. The number of thiophene rings is 4. The number of hydrogen-bond donors (Lipinski definition) is 0. The standard InChI is InChI=1S/C26H14N4S4/c27-10-14(11-28)6-16-8-18-21(31-16)23-20(26(18)4-2-1-3-5-26)24-25(34-23)22-19(33-24)9-17(32-22)7-15(12-29)13-30/h6-9H,1-5H2. The first kappa shape index (κ1) is 21.3. The molecule has 2 aliphatic carbocycles. The summed E-state index contributed by atoms with van der Waals surface area (Å²) in [4.78, 5) is 4.56. The molecule has 0 aliphatic heterocycles. The van der Waals surface area contributed by atoms with Gasteiger partial charge in [-0.1, -0.05) is 19.3 Å². The molecular formula is C26H14N4S4. The Morgan fingerprint density at radius 3 is 2.00 bits per heavy atom. The molecule has 34 heavy (non-hydrogen) atoms. The molecular weight excluding hydrogens is 497 g/mol. The van der Waals surface area contributed by atoms with Gasteiger partial charge in [-0.2, -0.15) is 21.0 Å². The summed E-state index contributed by atoms with van der Waals surface area (Å²) < 4.78 is 5.14. The van der Waals surface area contributed by atoms with E-state index >= 15 is 0 Å². The summed E-state index contributed by atoms with van der Waals surface area (Å²) in [7, 11) is 0. The summed E-state index contributed by atoms with van der Waals surface area (Å²) in [5, 5.41) is 36.7. The molecule has 4 nitrogen and oxygen atoms in total. The van der Waals surface area contributed by atoms with Crippen LogP contribution < -0.4 is 0 Å². The topological polar surface area (TPSA) is 95.2 Å². The molecule has 0 N–H and O–H groups in total. The predicted molar refractivity (Wildman–Crippen MR) is 141 cm³/mol. The van der Waals surface area contributed by atoms with E-state index < -0.39 is 0 Å². The van der Waals surface area contributed by atoms with Crippen LogP contribution >= 0.6 is 45.3 Å². The van der Waals surface area contributed by atoms with Gasteiger partial charge in [-0.3, -0.25) is 0 Å². The van der Waals surface area contributed by atoms with Crippen LogP contribution in [0.25, 0.3) is 40.7 Å². The monoisotopic (exact) mass is 510 g/mol. The van der Waals surface area contributed by atoms with Crippen LogP contribution in [0.2, 0.25) is 0 Å². The van der Waals surface area contributed by atoms with Gasteiger partial charge in [0.1, 0.15) is 35.4 Å². The quantitative estimate of drug-likeness (QED) is 0.253. The second-order valence-electron chi connectivity index (χ2n) is 8.51. The molecule has 0 bridgehead atoms. The fourth-order valence-corrected chi connectivity index (χ4v) is 11.1. The Morgan fingerprint density at radius 2 is 1.35 bits per heavy atom. The molecule has 0 aromatic carbocycles. The third-order valence-corrected chi connectivity index (χ3v) is 11.8. The Kier molecular flexibility index (Phi) is 4.96. The number of fused-ring (bicyclic) bond motifs is 9. The Morgan fingerprint density at radius 1 is 0.706 bits per heavy atom. The summed E-state index contributed by atoms with van der Waals surface area (Å²) in [6.07, 6.45) is 9.33. The minimum atomic E-state index is 0.0215. The first-order chi connectivity index (χ1) is 16.6. The molecule has 0 amide bonds. The van der Waals surface area contributed by atoms with Gasteiger partial charge in [-0.25, -0.2) is 0 Å². The molecule has 0 saturated heterocycles. The number of nitriles is 4. The highest BCUT2D eigenvalue weighted by atomic mass is 32.1. The van der Waals surface area contributed by atoms with Crippen LogP contribution in [0.1, 0.15) is 53.0 Å². The van der Waals surface area contributed by atoms with Gasteiger partial charge in [0.25, 0.3) is 0 Å². The maximum Gasteiger partial charge on any atom is 0.131 e. The van der Waals surface area contributed by atoms with Crippen molar-refractivity contribution in [2.45, 2.75) is 37.5 Å². The predicted octanol–water partition coefficient (Wildman–Crippen LogP) is 8.33. The van der Waals surface area contributed by atoms with Gasteiger partial charge in [0.15, 0.2) is 0 Å². The molecule has 0 radical (unpaired) electrons. The van der Waals surface area contributed by atoms with Gasteiger partial charge in [-0.15, -0.1) is 45.3 Å². The minimum Gasteiger partial charge on any atom is -0.192 e. The van der Waals surface area contributed by atoms with Crippen molar-refractivity contribution in [3.8, 4) is 34.0 Å². The number of nitrogens with zero attached hydrogens (tertiary/aromatic N) is 4. The minimum absolute atomic E-state index is 0.0215. The molecule has 6 rings (SSSR count). The van der Waals surface area contributed by atoms with Gasteiger partial charge in [0, 0.05) is 30.3 Å². The summed E-state index contributed by atoms with van der Waals surface area (Å²) in [5.41, 5.74) is 3.16. The van der Waals surface area contributed by atoms with Crippen molar-refractivity contribution in [3.05, 3.63) is 44.2 Å². The van der Waals surface area contributed by atoms with Gasteiger partial charge in [0.2, 0.25) is 0 Å². The number of hydrogen-bond acceptors (Lipinski definition) is 8. The lowest BCUT2D eigenvalue weighted by Gasteiger charge is -2.34. The van der Waals surface area contributed by atoms with Crippen molar-refractivity contribution in [3.63, 3.8) is 0 Å². The van der Waals surface area contributed by atoms with Crippen molar-refractivity contribution < 1.29 is 0 Å². The average Bonchev–Trinajstić information content (AvgIpc) is 3.63. The first-order valence-corrected chi connectivity index (χ1v) is 14.1. The third kappa shape index (κ3) is 2.94. The van der Waals surface area contributed by atoms with Crippen LogP contribution in [0.3, 0.4) is 0 Å². The van der Waals surface area contributed by atoms with Crippen LogP contribution in [0.4, 0.5) is 0 Å². The normalized spacial score (nSPS) is 15.2. The van der Waals surface area contributed by atoms with E-state index in [-0.39, 0.29) is 16.6 Å². The van der Waals surface area contributed by atoms with Crippen molar-refractivity contribution in [2.75, 3.05) is 0 Å². The molecule has 4 aromatic rings. The molecule has 1 fully saturated rings. The van der Waals surface area contributed by atoms with E-state index in [0.717, 1.165) is 22.6 Å². The molecule has 8 heteroatoms. The largest absolute Gasteiger partial charge is 0.192 e. The van der Waals surface area contributed by atoms with E-state index in [4.69, 9.17) is 10.5 Å². The van der Waals surface area contributed by atoms with Gasteiger partial charge in [0.05, 0.1) is 19.0 Å². The van der Waals surface area contributed by atoms with Crippen molar-refractivity contribution in [1.29, 1.82) is 21.0 Å². The maximum atomic E-state index is 9.22. The molecule has 1 spiro atoms. The Labute approximate surface area is 212 Å².